The summed E-state index contributed by atoms with van der Waals surface area (Å²) < 4.78 is 104. The average Bonchev–Trinajstić information content (AvgIpc) is 0.772. The van der Waals surface area contributed by atoms with Gasteiger partial charge in [-0.1, -0.05) is 188 Å². The molecule has 10 aromatic carbocycles. The van der Waals surface area contributed by atoms with Crippen molar-refractivity contribution < 1.29 is 124 Å². The van der Waals surface area contributed by atoms with Crippen LogP contribution >= 0.6 is 0 Å². The highest BCUT2D eigenvalue weighted by molar-refractivity contribution is 5.95. The maximum Gasteiger partial charge on any atom is 0.338 e. The second-order valence-electron chi connectivity index (χ2n) is 26.5. The van der Waals surface area contributed by atoms with Crippen LogP contribution in [0.1, 0.15) is 104 Å². The van der Waals surface area contributed by atoms with Crippen LogP contribution in [0.5, 0.6) is 0 Å². The summed E-state index contributed by atoms with van der Waals surface area (Å²) in [5, 5.41) is 0. The third-order valence-electron chi connectivity index (χ3n) is 18.7. The highest BCUT2D eigenvalue weighted by Gasteiger charge is 2.59. The molecule has 0 aromatic heterocycles. The molecule has 10 aromatic rings. The van der Waals surface area contributed by atoms with Crippen LogP contribution < -0.4 is 0 Å². The zero-order valence-corrected chi connectivity index (χ0v) is 62.3. The topological polar surface area (TPSA) is 318 Å². The standard InChI is InChI=1S/C91H76O26/c1-2-53-102-89-76(115-86(99)64-47-27-10-28-48-64)73(112-83(96)61-41-21-7-22-42-61)71(110-81(94)59-37-17-5-18-38-59)68(106-89)55-104-91-78(117-88(101)66-51-31-12-32-52-66)75(114-85(98)63-45-25-9-26-46-63)72(111-82(95)60-39-19-6-20-40-60)69(108-91)56-105-90-77(116-87(100)65-49-29-11-30-50-65)74(113-84(97)62-43-23-8-24-44-62)70(109-80(93)58-35-15-4-16-36-58)67(107-90)54-103-79(92)57-33-13-3-14-34-57/h2-52,67-78,89-91H,1,53-56H2/t67-,68-,69-,70-,71-,72-,73+,74+,75+,76-,77-,78-,89?,90-,91-/m1/s1. The molecule has 0 bridgehead atoms. The Morgan fingerprint density at radius 2 is 0.393 bits per heavy atom. The molecule has 3 heterocycles. The van der Waals surface area contributed by atoms with Gasteiger partial charge in [0.25, 0.3) is 0 Å². The second-order valence-corrected chi connectivity index (χ2v) is 26.5. The summed E-state index contributed by atoms with van der Waals surface area (Å²) in [6.07, 6.45) is -27.7. The first-order valence-electron chi connectivity index (χ1n) is 37.1. The first-order valence-corrected chi connectivity index (χ1v) is 37.1. The molecule has 26 nitrogen and oxygen atoms in total. The van der Waals surface area contributed by atoms with Gasteiger partial charge in [0.1, 0.15) is 24.9 Å². The lowest BCUT2D eigenvalue weighted by Gasteiger charge is -2.47. The van der Waals surface area contributed by atoms with E-state index in [9.17, 15) is 33.6 Å². The number of carbonyl (C=O) groups excluding carboxylic acids is 10. The van der Waals surface area contributed by atoms with E-state index < -0.39 is 172 Å². The number of hydrogen-bond donors (Lipinski definition) is 0. The summed E-state index contributed by atoms with van der Waals surface area (Å²) in [5.74, 6) is -10.2. The maximum atomic E-state index is 15.1. The van der Waals surface area contributed by atoms with Crippen LogP contribution in [0.3, 0.4) is 0 Å². The van der Waals surface area contributed by atoms with Gasteiger partial charge in [0, 0.05) is 0 Å². The first kappa shape index (κ1) is 81.4. The molecule has 13 rings (SSSR count). The molecule has 26 heteroatoms. The molecule has 596 valence electrons. The molecule has 0 radical (unpaired) electrons. The van der Waals surface area contributed by atoms with Crippen LogP contribution in [0.4, 0.5) is 0 Å². The van der Waals surface area contributed by atoms with E-state index in [-0.39, 0.29) is 62.2 Å². The highest BCUT2D eigenvalue weighted by atomic mass is 16.8. The summed E-state index contributed by atoms with van der Waals surface area (Å²) in [6.45, 7) is 0.804. The third kappa shape index (κ3) is 21.1. The molecule has 0 saturated carbocycles. The Kier molecular flexibility index (Phi) is 27.8. The summed E-state index contributed by atoms with van der Waals surface area (Å²) >= 11 is 0. The van der Waals surface area contributed by atoms with E-state index >= 15 is 14.4 Å². The van der Waals surface area contributed by atoms with E-state index in [1.165, 1.54) is 140 Å². The van der Waals surface area contributed by atoms with Crippen molar-refractivity contribution >= 4 is 59.7 Å². The largest absolute Gasteiger partial charge is 0.459 e. The fourth-order valence-corrected chi connectivity index (χ4v) is 12.9. The van der Waals surface area contributed by atoms with Crippen molar-refractivity contribution in [2.24, 2.45) is 0 Å². The van der Waals surface area contributed by atoms with Crippen LogP contribution in [-0.2, 0) is 75.8 Å². The van der Waals surface area contributed by atoms with Gasteiger partial charge in [-0.05, 0) is 121 Å². The lowest BCUT2D eigenvalue weighted by atomic mass is 9.96. The van der Waals surface area contributed by atoms with Gasteiger partial charge in [-0.15, -0.1) is 6.58 Å². The number of ether oxygens (including phenoxy) is 16. The highest BCUT2D eigenvalue weighted by Crippen LogP contribution is 2.38. The maximum absolute atomic E-state index is 15.1. The Bertz CT molecular complexity index is 5000. The number of rotatable bonds is 30. The van der Waals surface area contributed by atoms with Gasteiger partial charge < -0.3 is 75.8 Å². The predicted octanol–water partition coefficient (Wildman–Crippen LogP) is 12.3. The Morgan fingerprint density at radius 3 is 0.598 bits per heavy atom. The molecule has 0 aliphatic carbocycles. The van der Waals surface area contributed by atoms with Crippen molar-refractivity contribution in [3.05, 3.63) is 372 Å². The fraction of sp³-hybridized carbons (Fsp3) is 0.209. The van der Waals surface area contributed by atoms with Gasteiger partial charge in [0.2, 0.25) is 0 Å². The minimum absolute atomic E-state index is 0.00101. The zero-order valence-electron chi connectivity index (χ0n) is 62.3. The van der Waals surface area contributed by atoms with E-state index in [2.05, 4.69) is 6.58 Å². The monoisotopic (exact) mass is 1580 g/mol. The first-order chi connectivity index (χ1) is 57.1. The van der Waals surface area contributed by atoms with Crippen LogP contribution in [0.15, 0.2) is 316 Å². The Labute approximate surface area is 670 Å². The normalized spacial score (nSPS) is 22.6. The number of hydrogen-bond acceptors (Lipinski definition) is 26. The van der Waals surface area contributed by atoms with Crippen molar-refractivity contribution in [2.75, 3.05) is 26.4 Å². The van der Waals surface area contributed by atoms with Crippen molar-refractivity contribution in [3.8, 4) is 0 Å². The van der Waals surface area contributed by atoms with Gasteiger partial charge in [0.05, 0.1) is 75.5 Å². The molecule has 0 N–H and O–H groups in total. The van der Waals surface area contributed by atoms with E-state index in [4.69, 9.17) is 75.8 Å². The number of benzene rings is 10. The smallest absolute Gasteiger partial charge is 0.338 e. The van der Waals surface area contributed by atoms with Gasteiger partial charge in [-0.2, -0.15) is 0 Å². The fourth-order valence-electron chi connectivity index (χ4n) is 12.9. The third-order valence-corrected chi connectivity index (χ3v) is 18.7. The van der Waals surface area contributed by atoms with Gasteiger partial charge in [-0.25, -0.2) is 47.9 Å². The van der Waals surface area contributed by atoms with Crippen molar-refractivity contribution in [1.29, 1.82) is 0 Å². The number of esters is 10. The van der Waals surface area contributed by atoms with Crippen molar-refractivity contribution in [1.82, 2.24) is 0 Å². The number of carbonyl (C=O) groups is 10. The molecule has 15 atom stereocenters. The van der Waals surface area contributed by atoms with Crippen LogP contribution in [-0.4, -0.2) is 178 Å². The minimum Gasteiger partial charge on any atom is -0.459 e. The Balaban J connectivity index is 0.950. The SMILES string of the molecule is C=CCOC1O[C@H](CO[C@@H]2O[C@H](CO[C@@H]3O[C@H](COC(=O)c4ccccc4)[C@@H](OC(=O)c4ccccc4)[C@H](OC(=O)c4ccccc4)[C@H]3OC(=O)c3ccccc3)[C@@H](OC(=O)c3ccccc3)[C@H](OC(=O)c3ccccc3)[C@H]2OC(=O)c2ccccc2)[C@@H](OC(=O)c2ccccc2)[C@H](OC(=O)c2ccccc2)[C@H]1OC(=O)c1ccccc1. The molecule has 0 amide bonds. The van der Waals surface area contributed by atoms with E-state index in [1.54, 1.807) is 170 Å². The van der Waals surface area contributed by atoms with Crippen molar-refractivity contribution in [2.45, 2.75) is 92.1 Å². The average molecular weight is 1590 g/mol. The van der Waals surface area contributed by atoms with Crippen LogP contribution in [0.2, 0.25) is 0 Å². The van der Waals surface area contributed by atoms with Crippen molar-refractivity contribution in [3.63, 3.8) is 0 Å². The Hall–Kier alpha value is -13.6. The Morgan fingerprint density at radius 1 is 0.222 bits per heavy atom. The molecule has 3 aliphatic heterocycles. The molecule has 117 heavy (non-hydrogen) atoms. The molecular formula is C91H76O26. The minimum atomic E-state index is -2.14. The molecule has 0 spiro atoms. The quantitative estimate of drug-likeness (QED) is 0.0229. The van der Waals surface area contributed by atoms with Gasteiger partial charge >= 0.3 is 59.7 Å². The van der Waals surface area contributed by atoms with Gasteiger partial charge in [-0.3, -0.25) is 0 Å². The molecule has 3 saturated heterocycles. The molecule has 3 aliphatic rings. The lowest BCUT2D eigenvalue weighted by molar-refractivity contribution is -0.339. The zero-order chi connectivity index (χ0) is 81.4. The summed E-state index contributed by atoms with van der Waals surface area (Å²) in [6, 6.07) is 76.4. The van der Waals surface area contributed by atoms with Crippen LogP contribution in [0, 0.1) is 0 Å². The molecule has 3 fully saturated rings. The summed E-state index contributed by atoms with van der Waals surface area (Å²) in [5.41, 5.74) is -0.179. The summed E-state index contributed by atoms with van der Waals surface area (Å²) in [4.78, 5) is 147. The van der Waals surface area contributed by atoms with E-state index in [1.807, 2.05) is 0 Å². The lowest BCUT2D eigenvalue weighted by Crippen LogP contribution is -2.66. The second kappa shape index (κ2) is 39.9. The molecule has 1 unspecified atom stereocenters. The van der Waals surface area contributed by atoms with Crippen LogP contribution in [0.25, 0.3) is 0 Å². The van der Waals surface area contributed by atoms with E-state index in [0.717, 1.165) is 0 Å². The molecular weight excluding hydrogens is 1510 g/mol. The van der Waals surface area contributed by atoms with E-state index in [0.29, 0.717) is 0 Å². The predicted molar refractivity (Wildman–Crippen MR) is 412 cm³/mol. The summed E-state index contributed by atoms with van der Waals surface area (Å²) in [7, 11) is 0. The van der Waals surface area contributed by atoms with Gasteiger partial charge in [0.15, 0.2) is 73.8 Å².